The van der Waals surface area contributed by atoms with Gasteiger partial charge in [-0.05, 0) is 36.4 Å². The number of carbonyl (C=O) groups excluding carboxylic acids is 1. The molecule has 0 radical (unpaired) electrons. The molecule has 0 aromatic carbocycles. The van der Waals surface area contributed by atoms with Crippen LogP contribution in [0.4, 0.5) is 0 Å². The van der Waals surface area contributed by atoms with E-state index in [2.05, 4.69) is 28.2 Å². The van der Waals surface area contributed by atoms with Crippen molar-refractivity contribution in [2.45, 2.75) is 31.6 Å². The van der Waals surface area contributed by atoms with Crippen molar-refractivity contribution in [2.24, 2.45) is 0 Å². The first kappa shape index (κ1) is 18.1. The Hall–Kier alpha value is -2.32. The van der Waals surface area contributed by atoms with E-state index in [1.165, 1.54) is 22.2 Å². The van der Waals surface area contributed by atoms with Crippen LogP contribution in [0.5, 0.6) is 0 Å². The molecule has 0 fully saturated rings. The van der Waals surface area contributed by atoms with Crippen LogP contribution in [0.15, 0.2) is 46.0 Å². The molecule has 3 aromatic heterocycles. The molecule has 0 saturated heterocycles. The summed E-state index contributed by atoms with van der Waals surface area (Å²) in [5.41, 5.74) is 2.18. The summed E-state index contributed by atoms with van der Waals surface area (Å²) < 4.78 is 7.36. The van der Waals surface area contributed by atoms with E-state index in [4.69, 9.17) is 4.42 Å². The molecule has 1 amide bonds. The summed E-state index contributed by atoms with van der Waals surface area (Å²) in [6.07, 6.45) is 4.39. The van der Waals surface area contributed by atoms with Crippen molar-refractivity contribution in [2.75, 3.05) is 12.3 Å². The number of aromatic nitrogens is 3. The van der Waals surface area contributed by atoms with E-state index in [1.54, 1.807) is 23.7 Å². The second kappa shape index (κ2) is 7.74. The molecule has 0 atom stereocenters. The van der Waals surface area contributed by atoms with Gasteiger partial charge in [-0.25, -0.2) is 0 Å². The fourth-order valence-electron chi connectivity index (χ4n) is 3.18. The Morgan fingerprint density at radius 3 is 3.11 bits per heavy atom. The van der Waals surface area contributed by atoms with Crippen LogP contribution >= 0.6 is 23.1 Å². The highest BCUT2D eigenvalue weighted by atomic mass is 32.2. The molecule has 0 spiro atoms. The second-order valence-electron chi connectivity index (χ2n) is 6.32. The number of thiophene rings is 1. The van der Waals surface area contributed by atoms with Gasteiger partial charge in [0.15, 0.2) is 11.0 Å². The summed E-state index contributed by atoms with van der Waals surface area (Å²) >= 11 is 3.20. The molecule has 1 aliphatic rings. The third-order valence-corrected chi connectivity index (χ3v) is 6.59. The lowest BCUT2D eigenvalue weighted by atomic mass is 10.1. The highest BCUT2D eigenvalue weighted by Crippen LogP contribution is 2.28. The van der Waals surface area contributed by atoms with E-state index in [0.717, 1.165) is 30.1 Å². The lowest BCUT2D eigenvalue weighted by Crippen LogP contribution is -2.36. The molecule has 140 valence electrons. The molecule has 3 aromatic rings. The second-order valence-corrected chi connectivity index (χ2v) is 8.26. The van der Waals surface area contributed by atoms with E-state index in [1.807, 2.05) is 22.5 Å². The number of allylic oxidation sites excluding steroid dienone is 1. The van der Waals surface area contributed by atoms with Crippen molar-refractivity contribution in [1.82, 2.24) is 19.7 Å². The number of carbonyl (C=O) groups is 1. The smallest absolute Gasteiger partial charge is 0.233 e. The summed E-state index contributed by atoms with van der Waals surface area (Å²) in [6, 6.07) is 4.00. The molecule has 4 rings (SSSR count). The Morgan fingerprint density at radius 1 is 1.44 bits per heavy atom. The van der Waals surface area contributed by atoms with Gasteiger partial charge >= 0.3 is 0 Å². The van der Waals surface area contributed by atoms with Gasteiger partial charge in [0.05, 0.1) is 17.6 Å². The molecule has 0 aliphatic carbocycles. The van der Waals surface area contributed by atoms with Gasteiger partial charge in [0, 0.05) is 24.5 Å². The molecule has 0 saturated carbocycles. The van der Waals surface area contributed by atoms with Gasteiger partial charge in [-0.15, -0.1) is 28.1 Å². The van der Waals surface area contributed by atoms with E-state index in [0.29, 0.717) is 24.0 Å². The van der Waals surface area contributed by atoms with Gasteiger partial charge in [-0.3, -0.25) is 9.36 Å². The lowest BCUT2D eigenvalue weighted by molar-refractivity contribution is -0.129. The summed E-state index contributed by atoms with van der Waals surface area (Å²) in [5, 5.41) is 11.4. The van der Waals surface area contributed by atoms with Crippen LogP contribution in [0.2, 0.25) is 0 Å². The minimum Gasteiger partial charge on any atom is -0.469 e. The number of thioether (sulfide) groups is 1. The summed E-state index contributed by atoms with van der Waals surface area (Å²) in [5.74, 6) is 2.00. The Kier molecular flexibility index (Phi) is 5.18. The van der Waals surface area contributed by atoms with Crippen LogP contribution in [-0.2, 0) is 24.3 Å². The Morgan fingerprint density at radius 2 is 2.33 bits per heavy atom. The summed E-state index contributed by atoms with van der Waals surface area (Å²) in [7, 11) is 0. The van der Waals surface area contributed by atoms with Crippen molar-refractivity contribution in [3.63, 3.8) is 0 Å². The molecular weight excluding hydrogens is 380 g/mol. The Labute approximate surface area is 165 Å². The molecule has 0 unspecified atom stereocenters. The van der Waals surface area contributed by atoms with E-state index in [9.17, 15) is 4.79 Å². The molecule has 4 heterocycles. The number of fused-ring (bicyclic) bond motifs is 1. The molecule has 0 N–H and O–H groups in total. The van der Waals surface area contributed by atoms with E-state index < -0.39 is 0 Å². The molecule has 8 heteroatoms. The molecule has 1 aliphatic heterocycles. The SMILES string of the molecule is C=CCn1c(SCC(=O)N2CCc3sccc3C2)nnc1-c1ccoc1C. The summed E-state index contributed by atoms with van der Waals surface area (Å²) in [6.45, 7) is 7.78. The highest BCUT2D eigenvalue weighted by molar-refractivity contribution is 7.99. The first-order valence-electron chi connectivity index (χ1n) is 8.71. The maximum absolute atomic E-state index is 12.7. The van der Waals surface area contributed by atoms with Crippen molar-refractivity contribution in [1.29, 1.82) is 0 Å². The van der Waals surface area contributed by atoms with E-state index in [-0.39, 0.29) is 5.91 Å². The number of hydrogen-bond donors (Lipinski definition) is 0. The van der Waals surface area contributed by atoms with Crippen molar-refractivity contribution in [3.8, 4) is 11.4 Å². The van der Waals surface area contributed by atoms with Gasteiger partial charge in [-0.1, -0.05) is 17.8 Å². The lowest BCUT2D eigenvalue weighted by Gasteiger charge is -2.26. The zero-order valence-electron chi connectivity index (χ0n) is 15.1. The molecule has 6 nitrogen and oxygen atoms in total. The first-order valence-corrected chi connectivity index (χ1v) is 10.6. The van der Waals surface area contributed by atoms with Crippen LogP contribution < -0.4 is 0 Å². The van der Waals surface area contributed by atoms with E-state index >= 15 is 0 Å². The van der Waals surface area contributed by atoms with Crippen LogP contribution in [0.1, 0.15) is 16.2 Å². The number of amides is 1. The molecule has 0 bridgehead atoms. The first-order chi connectivity index (χ1) is 13.2. The fourth-order valence-corrected chi connectivity index (χ4v) is 4.92. The predicted octanol–water partition coefficient (Wildman–Crippen LogP) is 3.77. The molecular formula is C19H20N4O2S2. The Balaban J connectivity index is 1.47. The number of rotatable bonds is 6. The number of nitrogens with zero attached hydrogens (tertiary/aromatic N) is 4. The maximum atomic E-state index is 12.7. The van der Waals surface area contributed by atoms with Crippen molar-refractivity contribution in [3.05, 3.63) is 52.6 Å². The number of aryl methyl sites for hydroxylation is 1. The van der Waals surface area contributed by atoms with Gasteiger partial charge in [0.1, 0.15) is 5.76 Å². The van der Waals surface area contributed by atoms with Crippen LogP contribution in [0, 0.1) is 6.92 Å². The monoisotopic (exact) mass is 400 g/mol. The predicted molar refractivity (Wildman–Crippen MR) is 107 cm³/mol. The Bertz CT molecular complexity index is 972. The van der Waals surface area contributed by atoms with Gasteiger partial charge in [0.25, 0.3) is 0 Å². The quantitative estimate of drug-likeness (QED) is 0.465. The minimum absolute atomic E-state index is 0.131. The topological polar surface area (TPSA) is 64.2 Å². The number of furan rings is 1. The zero-order valence-corrected chi connectivity index (χ0v) is 16.7. The van der Waals surface area contributed by atoms with Gasteiger partial charge < -0.3 is 9.32 Å². The van der Waals surface area contributed by atoms with Crippen LogP contribution in [0.3, 0.4) is 0 Å². The average Bonchev–Trinajstić information content (AvgIpc) is 3.39. The third kappa shape index (κ3) is 3.59. The maximum Gasteiger partial charge on any atom is 0.233 e. The van der Waals surface area contributed by atoms with Crippen LogP contribution in [0.25, 0.3) is 11.4 Å². The van der Waals surface area contributed by atoms with Crippen molar-refractivity contribution < 1.29 is 9.21 Å². The zero-order chi connectivity index (χ0) is 18.8. The van der Waals surface area contributed by atoms with Gasteiger partial charge in [-0.2, -0.15) is 0 Å². The van der Waals surface area contributed by atoms with Crippen LogP contribution in [-0.4, -0.2) is 37.9 Å². The highest BCUT2D eigenvalue weighted by Gasteiger charge is 2.23. The van der Waals surface area contributed by atoms with Crippen molar-refractivity contribution >= 4 is 29.0 Å². The standard InChI is InChI=1S/C19H20N4O2S2/c1-3-7-23-18(15-5-9-25-13(15)2)20-21-19(23)27-12-17(24)22-8-4-16-14(11-22)6-10-26-16/h3,5-6,9-10H,1,4,7-8,11-12H2,2H3. The summed E-state index contributed by atoms with van der Waals surface area (Å²) in [4.78, 5) is 16.0. The minimum atomic E-state index is 0.131. The normalized spacial score (nSPS) is 13.6. The average molecular weight is 401 g/mol. The number of hydrogen-bond acceptors (Lipinski definition) is 6. The fraction of sp³-hybridized carbons (Fsp3) is 0.316. The molecule has 27 heavy (non-hydrogen) atoms. The van der Waals surface area contributed by atoms with Gasteiger partial charge in [0.2, 0.25) is 5.91 Å². The largest absolute Gasteiger partial charge is 0.469 e. The third-order valence-electron chi connectivity index (χ3n) is 4.61.